The molecule has 0 bridgehead atoms. The van der Waals surface area contributed by atoms with E-state index in [4.69, 9.17) is 7.58 Å². The molecule has 24 heteroatoms. The number of halogens is 17. The van der Waals surface area contributed by atoms with Crippen LogP contribution in [0, 0.1) is 0 Å². The van der Waals surface area contributed by atoms with Crippen molar-refractivity contribution >= 4 is 30.7 Å². The van der Waals surface area contributed by atoms with Crippen LogP contribution >= 0.6 is 0 Å². The van der Waals surface area contributed by atoms with Crippen LogP contribution in [-0.4, -0.2) is 76.5 Å². The van der Waals surface area contributed by atoms with Crippen molar-refractivity contribution in [2.75, 3.05) is 3.29 Å². The van der Waals surface area contributed by atoms with Gasteiger partial charge in [0.05, 0.1) is 5.75 Å². The maximum absolute atomic E-state index is 15.3. The minimum atomic E-state index is -8.95. The first kappa shape index (κ1) is 38.7. The second-order valence-electron chi connectivity index (χ2n) is 9.88. The molecule has 47 heavy (non-hydrogen) atoms. The third-order valence-electron chi connectivity index (χ3n) is 6.40. The topological polar surface area (TPSA) is 55.8 Å². The van der Waals surface area contributed by atoms with Gasteiger partial charge in [0.2, 0.25) is 0 Å². The quantitative estimate of drug-likeness (QED) is 0.181. The van der Waals surface area contributed by atoms with E-state index < -0.39 is 98.4 Å². The highest BCUT2D eigenvalue weighted by Gasteiger charge is 2.96. The third-order valence-corrected chi connectivity index (χ3v) is 11.3. The first-order valence-electron chi connectivity index (χ1n) is 12.1. The maximum atomic E-state index is 15.3. The summed E-state index contributed by atoms with van der Waals surface area (Å²) in [5.41, 5.74) is -1.79. The Morgan fingerprint density at radius 2 is 1.02 bits per heavy atom. The van der Waals surface area contributed by atoms with Crippen molar-refractivity contribution in [3.8, 4) is 16.9 Å². The molecule has 1 aliphatic heterocycles. The lowest BCUT2D eigenvalue weighted by Gasteiger charge is -2.43. The van der Waals surface area contributed by atoms with Crippen LogP contribution in [0.25, 0.3) is 11.1 Å². The van der Waals surface area contributed by atoms with E-state index in [1.54, 1.807) is 0 Å². The highest BCUT2D eigenvalue weighted by Crippen LogP contribution is 2.64. The molecule has 2 aromatic carbocycles. The van der Waals surface area contributed by atoms with Crippen molar-refractivity contribution in [3.05, 3.63) is 48.5 Å². The van der Waals surface area contributed by atoms with E-state index in [1.165, 1.54) is 12.1 Å². The molecule has 0 saturated heterocycles. The fourth-order valence-corrected chi connectivity index (χ4v) is 8.25. The molecule has 264 valence electrons. The summed E-state index contributed by atoms with van der Waals surface area (Å²) in [5, 5.41) is -7.79. The zero-order valence-corrected chi connectivity index (χ0v) is 24.7. The van der Waals surface area contributed by atoms with Crippen molar-refractivity contribution in [1.29, 1.82) is 0 Å². The lowest BCUT2D eigenvalue weighted by atomic mass is 9.91. The number of hydrogen-bond acceptors (Lipinski definition) is 4. The largest absolute Gasteiger partial charge is 0.959 e. The molecule has 0 atom stereocenters. The second-order valence-corrected chi connectivity index (χ2v) is 13.8. The average molecular weight is 751 g/mol. The van der Waals surface area contributed by atoms with Crippen LogP contribution in [-0.2, 0) is 13.8 Å². The summed E-state index contributed by atoms with van der Waals surface area (Å²) in [6, 6.07) is 8.16. The summed E-state index contributed by atoms with van der Waals surface area (Å²) in [5.74, 6) is -52.6. The minimum absolute atomic E-state index is 0.176. The summed E-state index contributed by atoms with van der Waals surface area (Å²) in [4.78, 5) is 0. The average Bonchev–Trinajstić information content (AvgIpc) is 3.05. The van der Waals surface area contributed by atoms with Gasteiger partial charge < -0.3 is 7.58 Å². The normalized spacial score (nSPS) is 16.1. The zero-order valence-electron chi connectivity index (χ0n) is 22.7. The highest BCUT2D eigenvalue weighted by atomic mass is 32.2. The molecular formula is C23H15AlF17NO4S. The Bertz CT molecular complexity index is 1600. The zero-order chi connectivity index (χ0) is 36.6. The number of anilines is 1. The van der Waals surface area contributed by atoms with Gasteiger partial charge in [0.25, 0.3) is 10.0 Å². The second kappa shape index (κ2) is 11.4. The number of para-hydroxylation sites is 2. The summed E-state index contributed by atoms with van der Waals surface area (Å²) < 4.78 is 272. The summed E-state index contributed by atoms with van der Waals surface area (Å²) in [6.07, 6.45) is -9.19. The van der Waals surface area contributed by atoms with E-state index in [1.807, 2.05) is 0 Å². The molecule has 5 nitrogen and oxygen atoms in total. The van der Waals surface area contributed by atoms with E-state index in [2.05, 4.69) is 0 Å². The molecule has 2 aromatic rings. The predicted octanol–water partition coefficient (Wildman–Crippen LogP) is 8.26. The van der Waals surface area contributed by atoms with E-state index in [9.17, 15) is 74.3 Å². The Kier molecular flexibility index (Phi) is 9.42. The van der Waals surface area contributed by atoms with E-state index in [-0.39, 0.29) is 5.56 Å². The Balaban J connectivity index is 2.28. The number of benzene rings is 2. The van der Waals surface area contributed by atoms with Gasteiger partial charge in [-0.1, -0.05) is 36.4 Å². The van der Waals surface area contributed by atoms with Crippen LogP contribution in [0.4, 0.5) is 80.3 Å². The van der Waals surface area contributed by atoms with Gasteiger partial charge in [-0.05, 0) is 26.0 Å². The van der Waals surface area contributed by atoms with Gasteiger partial charge in [0.15, 0.2) is 0 Å². The fraction of sp³-hybridized carbons (Fsp3) is 0.478. The van der Waals surface area contributed by atoms with Crippen LogP contribution in [0.15, 0.2) is 48.5 Å². The van der Waals surface area contributed by atoms with Crippen molar-refractivity contribution in [2.45, 2.75) is 66.9 Å². The molecule has 0 N–H and O–H groups in total. The van der Waals surface area contributed by atoms with Crippen LogP contribution in [0.5, 0.6) is 5.75 Å². The molecule has 0 fully saturated rings. The first-order valence-corrected chi connectivity index (χ1v) is 15.0. The molecule has 0 saturated carbocycles. The fourth-order valence-electron chi connectivity index (χ4n) is 3.95. The van der Waals surface area contributed by atoms with Crippen molar-refractivity contribution in [2.24, 2.45) is 0 Å². The standard InChI is InChI=1S/C20H9F17NO3S.C3H7O.Al/c21-13(22,15(25,26)17(29,30)19(33,34)35)14(23,24)16(27,28)18(31,32)20(36,37)42(40,41)38-11-7-3-1-5-9(11)10-6-2-4-8-12(10)39;1-3(2)4;/h1-8,39H;3H,1-2H3;/q2*-1;+3/p-1. The van der Waals surface area contributed by atoms with Gasteiger partial charge in [-0.2, -0.15) is 74.6 Å². The van der Waals surface area contributed by atoms with Crippen molar-refractivity contribution in [3.63, 3.8) is 0 Å². The molecule has 0 aliphatic carbocycles. The number of nitrogens with zero attached hydrogens (tertiary/aromatic N) is 1. The lowest BCUT2D eigenvalue weighted by molar-refractivity contribution is -0.458. The molecule has 0 spiro atoms. The van der Waals surface area contributed by atoms with Gasteiger partial charge >= 0.3 is 62.0 Å². The molecular weight excluding hydrogens is 736 g/mol. The molecule has 0 unspecified atom stereocenters. The minimum Gasteiger partial charge on any atom is -0.603 e. The Hall–Kier alpha value is -2.71. The number of alkyl halides is 17. The third kappa shape index (κ3) is 5.37. The Morgan fingerprint density at radius 1 is 0.617 bits per heavy atom. The molecule has 0 aromatic heterocycles. The number of rotatable bonds is 10. The molecule has 3 rings (SSSR count). The van der Waals surface area contributed by atoms with Crippen molar-refractivity contribution in [1.82, 2.24) is 0 Å². The molecule has 1 aliphatic rings. The summed E-state index contributed by atoms with van der Waals surface area (Å²) >= 11 is -4.81. The maximum Gasteiger partial charge on any atom is 0.959 e. The molecule has 0 amide bonds. The van der Waals surface area contributed by atoms with E-state index in [0.717, 1.165) is 44.2 Å². The number of fused-ring (bicyclic) bond motifs is 3. The van der Waals surface area contributed by atoms with Crippen LogP contribution < -0.4 is 7.08 Å². The predicted molar refractivity (Wildman–Crippen MR) is 127 cm³/mol. The van der Waals surface area contributed by atoms with Gasteiger partial charge in [0.1, 0.15) is 0 Å². The smallest absolute Gasteiger partial charge is 0.603 e. The number of sulfonamides is 1. The van der Waals surface area contributed by atoms with E-state index >= 15 is 8.78 Å². The molecule has 1 heterocycles. The van der Waals surface area contributed by atoms with E-state index in [0.29, 0.717) is 6.07 Å². The molecule has 0 radical (unpaired) electrons. The lowest BCUT2D eigenvalue weighted by Crippen LogP contribution is -2.75. The SMILES string of the molecule is CC(C)[O][Al]1[O]c2ccccc2-c2ccccc2[N]1S(=O)(=O)C(F)(F)C(F)(F)C(F)(F)C(F)(F)C(F)(F)C(F)(F)C(F)(F)C(F)(F)F. The highest BCUT2D eigenvalue weighted by molar-refractivity contribution is 7.95. The van der Waals surface area contributed by atoms with Gasteiger partial charge in [0, 0.05) is 22.9 Å². The Morgan fingerprint density at radius 3 is 1.49 bits per heavy atom. The monoisotopic (exact) mass is 751 g/mol. The van der Waals surface area contributed by atoms with Crippen LogP contribution in [0.1, 0.15) is 13.8 Å². The van der Waals surface area contributed by atoms with Crippen LogP contribution in [0.3, 0.4) is 0 Å². The van der Waals surface area contributed by atoms with Crippen molar-refractivity contribution < 1.29 is 90.6 Å². The van der Waals surface area contributed by atoms with Gasteiger partial charge in [-0.25, -0.2) is 8.42 Å². The van der Waals surface area contributed by atoms with Crippen LogP contribution in [0.2, 0.25) is 0 Å². The first-order chi connectivity index (χ1) is 20.9. The van der Waals surface area contributed by atoms with Gasteiger partial charge in [-0.3, -0.25) is 3.29 Å². The number of hydrogen-bond donors (Lipinski definition) is 0. The summed E-state index contributed by atoms with van der Waals surface area (Å²) in [7, 11) is -7.76. The Labute approximate surface area is 257 Å². The summed E-state index contributed by atoms with van der Waals surface area (Å²) in [6.45, 7) is 2.18. The van der Waals surface area contributed by atoms with Gasteiger partial charge in [-0.15, -0.1) is 0 Å².